The van der Waals surface area contributed by atoms with Crippen molar-refractivity contribution in [2.45, 2.75) is 33.4 Å². The molecule has 9 heteroatoms. The Labute approximate surface area is 170 Å². The molecule has 1 atom stereocenters. The molecule has 3 heterocycles. The van der Waals surface area contributed by atoms with Gasteiger partial charge in [0, 0.05) is 10.4 Å². The van der Waals surface area contributed by atoms with Gasteiger partial charge in [0.25, 0.3) is 5.91 Å². The van der Waals surface area contributed by atoms with Crippen LogP contribution in [0.3, 0.4) is 0 Å². The number of benzene rings is 1. The van der Waals surface area contributed by atoms with E-state index in [9.17, 15) is 4.79 Å². The monoisotopic (exact) mass is 415 g/mol. The predicted molar refractivity (Wildman–Crippen MR) is 108 cm³/mol. The van der Waals surface area contributed by atoms with Gasteiger partial charge in [0.15, 0.2) is 5.82 Å². The predicted octanol–water partition coefficient (Wildman–Crippen LogP) is 4.29. The molecular weight excluding hydrogens is 398 g/mol. The van der Waals surface area contributed by atoms with Gasteiger partial charge in [0.05, 0.1) is 17.1 Å². The highest BCUT2D eigenvalue weighted by molar-refractivity contribution is 7.20. The van der Waals surface area contributed by atoms with Crippen molar-refractivity contribution in [1.82, 2.24) is 25.2 Å². The maximum absolute atomic E-state index is 12.7. The van der Waals surface area contributed by atoms with Crippen LogP contribution >= 0.6 is 22.9 Å². The third-order valence-electron chi connectivity index (χ3n) is 4.34. The van der Waals surface area contributed by atoms with E-state index < -0.39 is 0 Å². The van der Waals surface area contributed by atoms with Crippen LogP contribution < -0.4 is 5.32 Å². The van der Waals surface area contributed by atoms with E-state index in [4.69, 9.17) is 16.1 Å². The Morgan fingerprint density at radius 1 is 1.32 bits per heavy atom. The highest BCUT2D eigenvalue weighted by Crippen LogP contribution is 2.29. The number of amides is 1. The molecule has 7 nitrogen and oxygen atoms in total. The molecule has 144 valence electrons. The Balaban J connectivity index is 1.57. The Kier molecular flexibility index (Phi) is 4.91. The van der Waals surface area contributed by atoms with Gasteiger partial charge in [-0.05, 0) is 44.5 Å². The van der Waals surface area contributed by atoms with Crippen molar-refractivity contribution >= 4 is 39.1 Å². The smallest absolute Gasteiger partial charge is 0.262 e. The summed E-state index contributed by atoms with van der Waals surface area (Å²) in [6.07, 6.45) is 0. The van der Waals surface area contributed by atoms with E-state index in [1.165, 1.54) is 11.3 Å². The average Bonchev–Trinajstić information content (AvgIpc) is 3.35. The summed E-state index contributed by atoms with van der Waals surface area (Å²) in [6.45, 7) is 6.11. The van der Waals surface area contributed by atoms with Crippen LogP contribution in [-0.2, 0) is 6.54 Å². The van der Waals surface area contributed by atoms with Gasteiger partial charge in [-0.1, -0.05) is 28.9 Å². The lowest BCUT2D eigenvalue weighted by Gasteiger charge is -2.08. The molecule has 3 aromatic heterocycles. The number of rotatable bonds is 5. The fraction of sp³-hybridized carbons (Fsp3) is 0.263. The molecule has 1 N–H and O–H groups in total. The van der Waals surface area contributed by atoms with E-state index >= 15 is 0 Å². The second-order valence-corrected chi connectivity index (χ2v) is 8.04. The largest absolute Gasteiger partial charge is 0.340 e. The van der Waals surface area contributed by atoms with Crippen LogP contribution in [-0.4, -0.2) is 25.8 Å². The van der Waals surface area contributed by atoms with Crippen LogP contribution in [0.1, 0.15) is 45.6 Å². The molecule has 28 heavy (non-hydrogen) atoms. The van der Waals surface area contributed by atoms with E-state index in [1.54, 1.807) is 6.92 Å². The minimum Gasteiger partial charge on any atom is -0.340 e. The zero-order chi connectivity index (χ0) is 19.8. The number of aryl methyl sites for hydroxylation is 2. The van der Waals surface area contributed by atoms with Crippen molar-refractivity contribution in [2.24, 2.45) is 0 Å². The van der Waals surface area contributed by atoms with Gasteiger partial charge in [-0.15, -0.1) is 11.3 Å². The number of fused-ring (bicyclic) bond motifs is 1. The SMILES string of the molecule is Cc1noc(C(C)NC(=O)c2cc3c(C)nn(Cc4ccc(Cl)cc4)c3s2)n1. The molecule has 0 saturated carbocycles. The van der Waals surface area contributed by atoms with E-state index in [1.807, 2.05) is 48.9 Å². The highest BCUT2D eigenvalue weighted by Gasteiger charge is 2.20. The van der Waals surface area contributed by atoms with Crippen LogP contribution in [0.2, 0.25) is 5.02 Å². The molecule has 0 radical (unpaired) electrons. The van der Waals surface area contributed by atoms with Crippen LogP contribution in [0.15, 0.2) is 34.9 Å². The molecule has 0 aliphatic rings. The molecular formula is C19H18ClN5O2S. The van der Waals surface area contributed by atoms with Gasteiger partial charge in [0.1, 0.15) is 10.9 Å². The molecule has 0 saturated heterocycles. The maximum Gasteiger partial charge on any atom is 0.262 e. The second-order valence-electron chi connectivity index (χ2n) is 6.57. The number of hydrogen-bond acceptors (Lipinski definition) is 6. The van der Waals surface area contributed by atoms with Crippen molar-refractivity contribution in [2.75, 3.05) is 0 Å². The van der Waals surface area contributed by atoms with Gasteiger partial charge in [-0.2, -0.15) is 10.1 Å². The molecule has 4 rings (SSSR count). The first-order valence-corrected chi connectivity index (χ1v) is 9.92. The minimum absolute atomic E-state index is 0.179. The number of carbonyl (C=O) groups excluding carboxylic acids is 1. The topological polar surface area (TPSA) is 85.8 Å². The number of nitrogens with zero attached hydrogens (tertiary/aromatic N) is 4. The summed E-state index contributed by atoms with van der Waals surface area (Å²) < 4.78 is 7.04. The molecule has 0 bridgehead atoms. The summed E-state index contributed by atoms with van der Waals surface area (Å²) in [5.41, 5.74) is 1.98. The lowest BCUT2D eigenvalue weighted by molar-refractivity contribution is 0.0936. The van der Waals surface area contributed by atoms with Gasteiger partial charge in [0.2, 0.25) is 5.89 Å². The van der Waals surface area contributed by atoms with Crippen molar-refractivity contribution in [3.05, 3.63) is 63.2 Å². The summed E-state index contributed by atoms with van der Waals surface area (Å²) >= 11 is 7.37. The first kappa shape index (κ1) is 18.6. The number of hydrogen-bond donors (Lipinski definition) is 1. The average molecular weight is 416 g/mol. The molecule has 1 amide bonds. The zero-order valence-corrected chi connectivity index (χ0v) is 17.1. The summed E-state index contributed by atoms with van der Waals surface area (Å²) in [7, 11) is 0. The van der Waals surface area contributed by atoms with Crippen LogP contribution in [0.4, 0.5) is 0 Å². The zero-order valence-electron chi connectivity index (χ0n) is 15.6. The summed E-state index contributed by atoms with van der Waals surface area (Å²) in [6, 6.07) is 9.17. The fourth-order valence-electron chi connectivity index (χ4n) is 2.91. The van der Waals surface area contributed by atoms with Crippen molar-refractivity contribution in [3.63, 3.8) is 0 Å². The second kappa shape index (κ2) is 7.37. The van der Waals surface area contributed by atoms with Crippen molar-refractivity contribution in [1.29, 1.82) is 0 Å². The van der Waals surface area contributed by atoms with Gasteiger partial charge in [-0.3, -0.25) is 9.48 Å². The Morgan fingerprint density at radius 2 is 2.07 bits per heavy atom. The molecule has 0 spiro atoms. The first-order chi connectivity index (χ1) is 13.4. The van der Waals surface area contributed by atoms with Crippen LogP contribution in [0.5, 0.6) is 0 Å². The van der Waals surface area contributed by atoms with Crippen molar-refractivity contribution in [3.8, 4) is 0 Å². The van der Waals surface area contributed by atoms with E-state index in [2.05, 4.69) is 20.6 Å². The Morgan fingerprint density at radius 3 is 2.75 bits per heavy atom. The number of halogens is 1. The van der Waals surface area contributed by atoms with Crippen LogP contribution in [0.25, 0.3) is 10.2 Å². The quantitative estimate of drug-likeness (QED) is 0.525. The van der Waals surface area contributed by atoms with Gasteiger partial charge < -0.3 is 9.84 Å². The first-order valence-electron chi connectivity index (χ1n) is 8.73. The Bertz CT molecular complexity index is 1150. The van der Waals surface area contributed by atoms with E-state index in [-0.39, 0.29) is 11.9 Å². The normalized spacial score (nSPS) is 12.4. The highest BCUT2D eigenvalue weighted by atomic mass is 35.5. The molecule has 0 aliphatic heterocycles. The third-order valence-corrected chi connectivity index (χ3v) is 5.74. The number of nitrogens with one attached hydrogen (secondary N) is 1. The van der Waals surface area contributed by atoms with Crippen LogP contribution in [0, 0.1) is 13.8 Å². The van der Waals surface area contributed by atoms with E-state index in [0.29, 0.717) is 28.2 Å². The standard InChI is InChI=1S/C19H18ClN5O2S/c1-10-15-8-16(17(26)21-11(2)18-22-12(3)24-27-18)28-19(15)25(23-10)9-13-4-6-14(20)7-5-13/h4-8,11H,9H2,1-3H3,(H,21,26). The number of carbonyl (C=O) groups is 1. The summed E-state index contributed by atoms with van der Waals surface area (Å²) in [5, 5.41) is 12.9. The maximum atomic E-state index is 12.7. The fourth-order valence-corrected chi connectivity index (χ4v) is 4.10. The molecule has 0 aliphatic carbocycles. The lowest BCUT2D eigenvalue weighted by atomic mass is 10.2. The van der Waals surface area contributed by atoms with Crippen molar-refractivity contribution < 1.29 is 9.32 Å². The number of aromatic nitrogens is 4. The van der Waals surface area contributed by atoms with E-state index in [0.717, 1.165) is 21.5 Å². The van der Waals surface area contributed by atoms with Gasteiger partial charge >= 0.3 is 0 Å². The third kappa shape index (κ3) is 3.65. The Hall–Kier alpha value is -2.71. The van der Waals surface area contributed by atoms with Gasteiger partial charge in [-0.25, -0.2) is 0 Å². The number of thiophene rings is 1. The summed E-state index contributed by atoms with van der Waals surface area (Å²) in [4.78, 5) is 18.4. The molecule has 1 aromatic carbocycles. The lowest BCUT2D eigenvalue weighted by Crippen LogP contribution is -2.26. The molecule has 4 aromatic rings. The molecule has 1 unspecified atom stereocenters. The summed E-state index contributed by atoms with van der Waals surface area (Å²) in [5.74, 6) is 0.745. The minimum atomic E-state index is -0.370. The molecule has 0 fully saturated rings.